The van der Waals surface area contributed by atoms with Gasteiger partial charge in [-0.1, -0.05) is 30.3 Å². The maximum absolute atomic E-state index is 10.4. The smallest absolute Gasteiger partial charge is 0.0805 e. The Hall–Kier alpha value is -0.900. The fourth-order valence-corrected chi connectivity index (χ4v) is 3.68. The van der Waals surface area contributed by atoms with Gasteiger partial charge < -0.3 is 9.84 Å². The highest BCUT2D eigenvalue weighted by Gasteiger charge is 2.29. The van der Waals surface area contributed by atoms with Gasteiger partial charge in [0.1, 0.15) is 0 Å². The molecule has 0 aliphatic carbocycles. The van der Waals surface area contributed by atoms with Crippen LogP contribution < -0.4 is 0 Å². The Morgan fingerprint density at radius 3 is 2.76 bits per heavy atom. The molecule has 0 bridgehead atoms. The Labute approximate surface area is 127 Å². The number of hydrogen-bond donors (Lipinski definition) is 1. The molecule has 2 fully saturated rings. The normalized spacial score (nSPS) is 28.6. The van der Waals surface area contributed by atoms with Crippen LogP contribution >= 0.6 is 0 Å². The van der Waals surface area contributed by atoms with E-state index in [0.717, 1.165) is 31.7 Å². The van der Waals surface area contributed by atoms with Crippen molar-refractivity contribution in [2.45, 2.75) is 56.8 Å². The van der Waals surface area contributed by atoms with Gasteiger partial charge in [-0.3, -0.25) is 4.90 Å². The van der Waals surface area contributed by atoms with Gasteiger partial charge in [0.25, 0.3) is 0 Å². The van der Waals surface area contributed by atoms with Gasteiger partial charge >= 0.3 is 0 Å². The van der Waals surface area contributed by atoms with Gasteiger partial charge in [-0.15, -0.1) is 0 Å². The molecule has 116 valence electrons. The third-order valence-electron chi connectivity index (χ3n) is 4.89. The van der Waals surface area contributed by atoms with Gasteiger partial charge in [0.15, 0.2) is 0 Å². The van der Waals surface area contributed by atoms with Crippen LogP contribution in [-0.4, -0.2) is 41.8 Å². The summed E-state index contributed by atoms with van der Waals surface area (Å²) in [4.78, 5) is 2.54. The molecule has 0 amide bonds. The number of nitrogens with zero attached hydrogens (tertiary/aromatic N) is 1. The lowest BCUT2D eigenvalue weighted by Gasteiger charge is -2.32. The number of ether oxygens (including phenoxy) is 1. The molecule has 2 aliphatic heterocycles. The van der Waals surface area contributed by atoms with Crippen LogP contribution in [0.5, 0.6) is 0 Å². The molecule has 1 aromatic carbocycles. The second-order valence-electron chi connectivity index (χ2n) is 6.44. The second-order valence-corrected chi connectivity index (χ2v) is 6.44. The molecule has 3 heteroatoms. The maximum Gasteiger partial charge on any atom is 0.0805 e. The van der Waals surface area contributed by atoms with Crippen molar-refractivity contribution in [3.63, 3.8) is 0 Å². The zero-order chi connectivity index (χ0) is 14.5. The Kier molecular flexibility index (Phi) is 5.28. The first-order valence-corrected chi connectivity index (χ1v) is 8.41. The SMILES string of the molecule is O[C@H](C[C@H]1CCCN1C[C@H]1CCCCO1)c1ccccc1. The topological polar surface area (TPSA) is 32.7 Å². The predicted molar refractivity (Wildman–Crippen MR) is 84.2 cm³/mol. The van der Waals surface area contributed by atoms with Gasteiger partial charge in [-0.25, -0.2) is 0 Å². The zero-order valence-electron chi connectivity index (χ0n) is 12.8. The minimum Gasteiger partial charge on any atom is -0.388 e. The predicted octanol–water partition coefficient (Wildman–Crippen LogP) is 3.14. The van der Waals surface area contributed by atoms with Crippen LogP contribution in [-0.2, 0) is 4.74 Å². The lowest BCUT2D eigenvalue weighted by molar-refractivity contribution is -0.0115. The van der Waals surface area contributed by atoms with Crippen molar-refractivity contribution in [3.05, 3.63) is 35.9 Å². The van der Waals surface area contributed by atoms with Crippen molar-refractivity contribution < 1.29 is 9.84 Å². The van der Waals surface area contributed by atoms with E-state index in [-0.39, 0.29) is 6.10 Å². The van der Waals surface area contributed by atoms with E-state index in [0.29, 0.717) is 12.1 Å². The van der Waals surface area contributed by atoms with E-state index in [1.54, 1.807) is 0 Å². The number of rotatable bonds is 5. The number of benzene rings is 1. The minimum absolute atomic E-state index is 0.343. The molecule has 0 spiro atoms. The summed E-state index contributed by atoms with van der Waals surface area (Å²) in [5.41, 5.74) is 1.04. The molecule has 0 aromatic heterocycles. The van der Waals surface area contributed by atoms with E-state index in [1.807, 2.05) is 30.3 Å². The molecule has 1 aromatic rings. The third-order valence-corrected chi connectivity index (χ3v) is 4.89. The number of hydrogen-bond acceptors (Lipinski definition) is 3. The highest BCUT2D eigenvalue weighted by molar-refractivity contribution is 5.17. The van der Waals surface area contributed by atoms with Crippen molar-refractivity contribution in [2.75, 3.05) is 19.7 Å². The summed E-state index contributed by atoms with van der Waals surface area (Å²) < 4.78 is 5.87. The first-order chi connectivity index (χ1) is 10.3. The average Bonchev–Trinajstić information content (AvgIpc) is 2.96. The van der Waals surface area contributed by atoms with Crippen molar-refractivity contribution in [1.82, 2.24) is 4.90 Å². The summed E-state index contributed by atoms with van der Waals surface area (Å²) in [6.07, 6.45) is 7.08. The first kappa shape index (κ1) is 15.0. The van der Waals surface area contributed by atoms with Crippen LogP contribution in [0, 0.1) is 0 Å². The minimum atomic E-state index is -0.343. The summed E-state index contributed by atoms with van der Waals surface area (Å²) in [6.45, 7) is 3.13. The molecule has 3 atom stereocenters. The standard InChI is InChI=1S/C18H27NO2/c20-18(15-7-2-1-3-8-15)13-16-9-6-11-19(16)14-17-10-4-5-12-21-17/h1-3,7-8,16-18,20H,4-6,9-14H2/t16-,17-,18-/m1/s1. The van der Waals surface area contributed by atoms with Crippen molar-refractivity contribution in [2.24, 2.45) is 0 Å². The van der Waals surface area contributed by atoms with Crippen LogP contribution in [0.1, 0.15) is 50.2 Å². The molecule has 0 unspecified atom stereocenters. The molecule has 0 radical (unpaired) electrons. The Bertz CT molecular complexity index is 416. The fourth-order valence-electron chi connectivity index (χ4n) is 3.68. The van der Waals surface area contributed by atoms with E-state index in [4.69, 9.17) is 4.74 Å². The average molecular weight is 289 g/mol. The van der Waals surface area contributed by atoms with Crippen molar-refractivity contribution in [1.29, 1.82) is 0 Å². The summed E-state index contributed by atoms with van der Waals surface area (Å²) >= 11 is 0. The summed E-state index contributed by atoms with van der Waals surface area (Å²) in [7, 11) is 0. The molecule has 3 nitrogen and oxygen atoms in total. The number of likely N-dealkylation sites (tertiary alicyclic amines) is 1. The van der Waals surface area contributed by atoms with E-state index >= 15 is 0 Å². The molecular formula is C18H27NO2. The summed E-state index contributed by atoms with van der Waals surface area (Å²) in [5, 5.41) is 10.4. The van der Waals surface area contributed by atoms with E-state index in [2.05, 4.69) is 4.90 Å². The van der Waals surface area contributed by atoms with Crippen LogP contribution in [0.2, 0.25) is 0 Å². The quantitative estimate of drug-likeness (QED) is 0.904. The fraction of sp³-hybridized carbons (Fsp3) is 0.667. The zero-order valence-corrected chi connectivity index (χ0v) is 12.8. The van der Waals surface area contributed by atoms with E-state index in [9.17, 15) is 5.11 Å². The van der Waals surface area contributed by atoms with Crippen LogP contribution in [0.4, 0.5) is 0 Å². The highest BCUT2D eigenvalue weighted by atomic mass is 16.5. The van der Waals surface area contributed by atoms with Crippen LogP contribution in [0.25, 0.3) is 0 Å². The molecule has 3 rings (SSSR count). The molecule has 2 aliphatic rings. The van der Waals surface area contributed by atoms with Gasteiger partial charge in [-0.2, -0.15) is 0 Å². The van der Waals surface area contributed by atoms with Crippen molar-refractivity contribution in [3.8, 4) is 0 Å². The Balaban J connectivity index is 1.54. The maximum atomic E-state index is 10.4. The Morgan fingerprint density at radius 2 is 2.00 bits per heavy atom. The van der Waals surface area contributed by atoms with E-state index < -0.39 is 0 Å². The second kappa shape index (κ2) is 7.39. The number of aliphatic hydroxyl groups is 1. The largest absolute Gasteiger partial charge is 0.388 e. The molecule has 0 saturated carbocycles. The van der Waals surface area contributed by atoms with Crippen LogP contribution in [0.3, 0.4) is 0 Å². The van der Waals surface area contributed by atoms with Crippen molar-refractivity contribution >= 4 is 0 Å². The Morgan fingerprint density at radius 1 is 1.14 bits per heavy atom. The third kappa shape index (κ3) is 4.06. The van der Waals surface area contributed by atoms with Gasteiger partial charge in [-0.05, 0) is 50.6 Å². The van der Waals surface area contributed by atoms with Gasteiger partial charge in [0, 0.05) is 19.2 Å². The van der Waals surface area contributed by atoms with Crippen LogP contribution in [0.15, 0.2) is 30.3 Å². The van der Waals surface area contributed by atoms with E-state index in [1.165, 1.54) is 32.1 Å². The van der Waals surface area contributed by atoms with Gasteiger partial charge in [0.2, 0.25) is 0 Å². The lowest BCUT2D eigenvalue weighted by atomic mass is 10.00. The molecular weight excluding hydrogens is 262 g/mol. The summed E-state index contributed by atoms with van der Waals surface area (Å²) in [5.74, 6) is 0. The first-order valence-electron chi connectivity index (χ1n) is 8.41. The monoisotopic (exact) mass is 289 g/mol. The highest BCUT2D eigenvalue weighted by Crippen LogP contribution is 2.28. The molecule has 21 heavy (non-hydrogen) atoms. The molecule has 1 N–H and O–H groups in total. The summed E-state index contributed by atoms with van der Waals surface area (Å²) in [6, 6.07) is 10.5. The van der Waals surface area contributed by atoms with Gasteiger partial charge in [0.05, 0.1) is 12.2 Å². The molecule has 2 heterocycles. The number of aliphatic hydroxyl groups excluding tert-OH is 1. The molecule has 2 saturated heterocycles. The lowest BCUT2D eigenvalue weighted by Crippen LogP contribution is -2.39.